The van der Waals surface area contributed by atoms with Gasteiger partial charge in [-0.05, 0) is 49.4 Å². The van der Waals surface area contributed by atoms with E-state index in [4.69, 9.17) is 0 Å². The fourth-order valence-electron chi connectivity index (χ4n) is 1.71. The van der Waals surface area contributed by atoms with E-state index in [1.54, 1.807) is 0 Å². The summed E-state index contributed by atoms with van der Waals surface area (Å²) in [5.74, 6) is -0.707. The number of aromatic hydroxyl groups is 2. The van der Waals surface area contributed by atoms with Gasteiger partial charge in [-0.3, -0.25) is 9.59 Å². The Morgan fingerprint density at radius 1 is 0.895 bits per heavy atom. The lowest BCUT2D eigenvalue weighted by Crippen LogP contribution is -2.03. The molecule has 0 aliphatic rings. The van der Waals surface area contributed by atoms with Crippen LogP contribution in [0.25, 0.3) is 0 Å². The Labute approximate surface area is 109 Å². The van der Waals surface area contributed by atoms with Crippen LogP contribution in [0.1, 0.15) is 33.2 Å². The van der Waals surface area contributed by atoms with Gasteiger partial charge in [-0.25, -0.2) is 0 Å². The van der Waals surface area contributed by atoms with Gasteiger partial charge in [0, 0.05) is 11.1 Å². The zero-order valence-electron chi connectivity index (χ0n) is 10.3. The summed E-state index contributed by atoms with van der Waals surface area (Å²) in [6.45, 7) is 1.39. The van der Waals surface area contributed by atoms with Crippen LogP contribution in [-0.4, -0.2) is 21.8 Å². The average Bonchev–Trinajstić information content (AvgIpc) is 2.39. The molecule has 4 nitrogen and oxygen atoms in total. The molecule has 19 heavy (non-hydrogen) atoms. The van der Waals surface area contributed by atoms with Crippen LogP contribution in [0.4, 0.5) is 0 Å². The molecule has 0 unspecified atom stereocenters. The lowest BCUT2D eigenvalue weighted by Gasteiger charge is -2.06. The molecule has 0 fully saturated rings. The van der Waals surface area contributed by atoms with Gasteiger partial charge < -0.3 is 10.2 Å². The molecule has 0 heterocycles. The maximum absolute atomic E-state index is 12.2. The van der Waals surface area contributed by atoms with Gasteiger partial charge in [-0.15, -0.1) is 0 Å². The third-order valence-electron chi connectivity index (χ3n) is 2.78. The summed E-state index contributed by atoms with van der Waals surface area (Å²) in [6.07, 6.45) is 0. The van der Waals surface area contributed by atoms with Crippen LogP contribution in [0.2, 0.25) is 0 Å². The Morgan fingerprint density at radius 2 is 1.47 bits per heavy atom. The van der Waals surface area contributed by atoms with E-state index >= 15 is 0 Å². The molecule has 0 aromatic heterocycles. The molecule has 2 aromatic carbocycles. The zero-order valence-corrected chi connectivity index (χ0v) is 10.3. The summed E-state index contributed by atoms with van der Waals surface area (Å²) >= 11 is 0. The van der Waals surface area contributed by atoms with Crippen LogP contribution in [-0.2, 0) is 0 Å². The van der Waals surface area contributed by atoms with E-state index in [1.165, 1.54) is 49.4 Å². The summed E-state index contributed by atoms with van der Waals surface area (Å²) in [6, 6.07) is 9.84. The molecule has 0 saturated heterocycles. The molecule has 0 aliphatic heterocycles. The van der Waals surface area contributed by atoms with E-state index < -0.39 is 5.78 Å². The molecule has 4 heteroatoms. The fraction of sp³-hybridized carbons (Fsp3) is 0.0667. The van der Waals surface area contributed by atoms with Crippen molar-refractivity contribution in [2.24, 2.45) is 0 Å². The highest BCUT2D eigenvalue weighted by Crippen LogP contribution is 2.23. The van der Waals surface area contributed by atoms with Crippen LogP contribution in [0.3, 0.4) is 0 Å². The van der Waals surface area contributed by atoms with Gasteiger partial charge in [0.25, 0.3) is 0 Å². The second-order valence-corrected chi connectivity index (χ2v) is 4.16. The minimum absolute atomic E-state index is 0.0539. The first-order chi connectivity index (χ1) is 8.99. The highest BCUT2D eigenvalue weighted by molar-refractivity contribution is 6.11. The third kappa shape index (κ3) is 2.63. The van der Waals surface area contributed by atoms with Crippen molar-refractivity contribution >= 4 is 11.6 Å². The first kappa shape index (κ1) is 12.8. The number of benzene rings is 2. The Balaban J connectivity index is 2.46. The van der Waals surface area contributed by atoms with Gasteiger partial charge in [-0.1, -0.05) is 0 Å². The molecular formula is C15H12O4. The predicted octanol–water partition coefficient (Wildman–Crippen LogP) is 2.53. The van der Waals surface area contributed by atoms with Crippen LogP contribution in [0.15, 0.2) is 42.5 Å². The third-order valence-corrected chi connectivity index (χ3v) is 2.78. The van der Waals surface area contributed by atoms with Gasteiger partial charge in [0.15, 0.2) is 11.6 Å². The summed E-state index contributed by atoms with van der Waals surface area (Å²) in [5.41, 5.74) is 0.757. The molecule has 0 aliphatic carbocycles. The maximum atomic E-state index is 12.2. The second kappa shape index (κ2) is 4.94. The Morgan fingerprint density at radius 3 is 2.05 bits per heavy atom. The van der Waals surface area contributed by atoms with E-state index in [-0.39, 0.29) is 22.8 Å². The number of phenols is 2. The van der Waals surface area contributed by atoms with E-state index in [9.17, 15) is 19.8 Å². The quantitative estimate of drug-likeness (QED) is 0.827. The Bertz CT molecular complexity index is 642. The number of ketones is 2. The number of hydrogen-bond donors (Lipinski definition) is 2. The van der Waals surface area contributed by atoms with E-state index in [0.717, 1.165) is 0 Å². The normalized spacial score (nSPS) is 10.2. The number of hydrogen-bond acceptors (Lipinski definition) is 4. The highest BCUT2D eigenvalue weighted by Gasteiger charge is 2.15. The van der Waals surface area contributed by atoms with Crippen molar-refractivity contribution in [3.8, 4) is 11.5 Å². The van der Waals surface area contributed by atoms with E-state index in [0.29, 0.717) is 11.1 Å². The number of carbonyl (C=O) groups excluding carboxylic acids is 2. The van der Waals surface area contributed by atoms with Crippen LogP contribution >= 0.6 is 0 Å². The largest absolute Gasteiger partial charge is 0.508 e. The highest BCUT2D eigenvalue weighted by atomic mass is 16.3. The zero-order chi connectivity index (χ0) is 14.0. The van der Waals surface area contributed by atoms with Gasteiger partial charge in [0.2, 0.25) is 0 Å². The van der Waals surface area contributed by atoms with Crippen molar-refractivity contribution in [3.05, 3.63) is 59.2 Å². The van der Waals surface area contributed by atoms with Crippen LogP contribution in [0, 0.1) is 0 Å². The first-order valence-corrected chi connectivity index (χ1v) is 5.66. The lowest BCUT2D eigenvalue weighted by molar-refractivity contribution is 0.101. The minimum Gasteiger partial charge on any atom is -0.508 e. The molecule has 0 radical (unpaired) electrons. The molecule has 0 amide bonds. The summed E-state index contributed by atoms with van der Waals surface area (Å²) in [4.78, 5) is 23.5. The average molecular weight is 256 g/mol. The molecule has 0 bridgehead atoms. The SMILES string of the molecule is CC(=O)c1ccc(O)c(C(=O)c2ccc(O)cc2)c1. The topological polar surface area (TPSA) is 74.6 Å². The van der Waals surface area contributed by atoms with Crippen molar-refractivity contribution in [2.45, 2.75) is 6.92 Å². The number of carbonyl (C=O) groups is 2. The molecule has 2 rings (SSSR count). The molecule has 0 spiro atoms. The van der Waals surface area contributed by atoms with Crippen LogP contribution < -0.4 is 0 Å². The number of phenolic OH excluding ortho intramolecular Hbond substituents is 2. The van der Waals surface area contributed by atoms with Crippen molar-refractivity contribution in [1.29, 1.82) is 0 Å². The monoisotopic (exact) mass is 256 g/mol. The van der Waals surface area contributed by atoms with Crippen molar-refractivity contribution in [1.82, 2.24) is 0 Å². The molecule has 0 atom stereocenters. The summed E-state index contributed by atoms with van der Waals surface area (Å²) < 4.78 is 0. The van der Waals surface area contributed by atoms with Gasteiger partial charge in [-0.2, -0.15) is 0 Å². The van der Waals surface area contributed by atoms with Crippen molar-refractivity contribution in [3.63, 3.8) is 0 Å². The van der Waals surface area contributed by atoms with Crippen molar-refractivity contribution in [2.75, 3.05) is 0 Å². The molecule has 2 aromatic rings. The molecule has 96 valence electrons. The van der Waals surface area contributed by atoms with Gasteiger partial charge >= 0.3 is 0 Å². The smallest absolute Gasteiger partial charge is 0.196 e. The van der Waals surface area contributed by atoms with Crippen molar-refractivity contribution < 1.29 is 19.8 Å². The van der Waals surface area contributed by atoms with E-state index in [1.807, 2.05) is 0 Å². The standard InChI is InChI=1S/C15H12O4/c1-9(16)11-4-7-14(18)13(8-11)15(19)10-2-5-12(17)6-3-10/h2-8,17-18H,1H3. The molecule has 2 N–H and O–H groups in total. The molecular weight excluding hydrogens is 244 g/mol. The minimum atomic E-state index is -0.402. The molecule has 0 saturated carbocycles. The number of Topliss-reactive ketones (excluding diaryl/α,β-unsaturated/α-hetero) is 1. The summed E-state index contributed by atoms with van der Waals surface area (Å²) in [5, 5.41) is 18.9. The Kier molecular flexibility index (Phi) is 3.33. The lowest BCUT2D eigenvalue weighted by atomic mass is 9.99. The van der Waals surface area contributed by atoms with E-state index in [2.05, 4.69) is 0 Å². The Hall–Kier alpha value is -2.62. The predicted molar refractivity (Wildman–Crippen MR) is 69.7 cm³/mol. The maximum Gasteiger partial charge on any atom is 0.196 e. The summed E-state index contributed by atoms with van der Waals surface area (Å²) in [7, 11) is 0. The van der Waals surface area contributed by atoms with Gasteiger partial charge in [0.1, 0.15) is 11.5 Å². The van der Waals surface area contributed by atoms with Crippen LogP contribution in [0.5, 0.6) is 11.5 Å². The second-order valence-electron chi connectivity index (χ2n) is 4.16. The number of rotatable bonds is 3. The fourth-order valence-corrected chi connectivity index (χ4v) is 1.71. The first-order valence-electron chi connectivity index (χ1n) is 5.66. The van der Waals surface area contributed by atoms with Gasteiger partial charge in [0.05, 0.1) is 5.56 Å².